The van der Waals surface area contributed by atoms with Gasteiger partial charge in [0.15, 0.2) is 9.84 Å². The lowest BCUT2D eigenvalue weighted by atomic mass is 10.1. The molecular formula is C21H24N4O2S. The van der Waals surface area contributed by atoms with Crippen LogP contribution in [0.1, 0.15) is 6.42 Å². The maximum Gasteiger partial charge on any atom is 0.223 e. The molecule has 1 aliphatic heterocycles. The molecule has 0 bridgehead atoms. The number of sulfone groups is 1. The van der Waals surface area contributed by atoms with Crippen molar-refractivity contribution < 1.29 is 8.42 Å². The molecule has 146 valence electrons. The molecule has 0 spiro atoms. The maximum absolute atomic E-state index is 11.5. The second-order valence-corrected chi connectivity index (χ2v) is 9.36. The molecule has 1 saturated heterocycles. The molecule has 2 heterocycles. The first-order valence-corrected chi connectivity index (χ1v) is 11.4. The van der Waals surface area contributed by atoms with Crippen LogP contribution in [0.3, 0.4) is 0 Å². The standard InChI is InChI=1S/C21H24N4O2S/c26-28(27)15-13-25(14-16-28)12-6-11-22-21-23-19-10-5-4-9-18(19)20(24-21)17-7-2-1-3-8-17/h1-5,7-10H,6,11-16H2,(H,22,23,24). The van der Waals surface area contributed by atoms with Crippen molar-refractivity contribution in [1.29, 1.82) is 0 Å². The van der Waals surface area contributed by atoms with Gasteiger partial charge in [-0.1, -0.05) is 48.5 Å². The van der Waals surface area contributed by atoms with E-state index in [-0.39, 0.29) is 11.5 Å². The Morgan fingerprint density at radius 1 is 0.929 bits per heavy atom. The Bertz CT molecular complexity index is 1040. The van der Waals surface area contributed by atoms with E-state index < -0.39 is 9.84 Å². The van der Waals surface area contributed by atoms with E-state index in [4.69, 9.17) is 4.98 Å². The zero-order valence-electron chi connectivity index (χ0n) is 15.7. The van der Waals surface area contributed by atoms with Crippen molar-refractivity contribution in [2.24, 2.45) is 0 Å². The van der Waals surface area contributed by atoms with Gasteiger partial charge in [0.2, 0.25) is 5.95 Å². The molecule has 6 nitrogen and oxygen atoms in total. The Hall–Kier alpha value is -2.51. The SMILES string of the molecule is O=S1(=O)CCN(CCCNc2nc(-c3ccccc3)c3ccccc3n2)CC1. The van der Waals surface area contributed by atoms with Crippen LogP contribution in [0.15, 0.2) is 54.6 Å². The van der Waals surface area contributed by atoms with Crippen LogP contribution < -0.4 is 5.32 Å². The minimum absolute atomic E-state index is 0.272. The van der Waals surface area contributed by atoms with Crippen molar-refractivity contribution in [3.05, 3.63) is 54.6 Å². The molecule has 0 amide bonds. The first-order chi connectivity index (χ1) is 13.6. The highest BCUT2D eigenvalue weighted by Crippen LogP contribution is 2.26. The molecule has 0 aliphatic carbocycles. The van der Waals surface area contributed by atoms with E-state index in [9.17, 15) is 8.42 Å². The van der Waals surface area contributed by atoms with Crippen LogP contribution >= 0.6 is 0 Å². The van der Waals surface area contributed by atoms with Gasteiger partial charge in [-0.2, -0.15) is 0 Å². The average Bonchev–Trinajstić information content (AvgIpc) is 2.72. The number of nitrogens with zero attached hydrogens (tertiary/aromatic N) is 3. The Labute approximate surface area is 165 Å². The number of benzene rings is 2. The Morgan fingerprint density at radius 2 is 1.64 bits per heavy atom. The van der Waals surface area contributed by atoms with Crippen LogP contribution in [-0.4, -0.2) is 61.0 Å². The smallest absolute Gasteiger partial charge is 0.223 e. The van der Waals surface area contributed by atoms with Crippen molar-refractivity contribution in [3.63, 3.8) is 0 Å². The minimum atomic E-state index is -2.82. The second-order valence-electron chi connectivity index (χ2n) is 7.05. The number of para-hydroxylation sites is 1. The highest BCUT2D eigenvalue weighted by Gasteiger charge is 2.20. The molecule has 4 rings (SSSR count). The molecule has 2 aromatic carbocycles. The fourth-order valence-corrected chi connectivity index (χ4v) is 4.73. The van der Waals surface area contributed by atoms with Gasteiger partial charge in [0.1, 0.15) is 0 Å². The third-order valence-electron chi connectivity index (χ3n) is 5.02. The summed E-state index contributed by atoms with van der Waals surface area (Å²) in [5.41, 5.74) is 2.91. The molecule has 0 atom stereocenters. The summed E-state index contributed by atoms with van der Waals surface area (Å²) in [6.45, 7) is 2.89. The van der Waals surface area contributed by atoms with E-state index in [0.717, 1.165) is 41.7 Å². The van der Waals surface area contributed by atoms with Crippen molar-refractivity contribution >= 4 is 26.7 Å². The first kappa shape index (κ1) is 18.8. The third kappa shape index (κ3) is 4.48. The largest absolute Gasteiger partial charge is 0.354 e. The molecule has 28 heavy (non-hydrogen) atoms. The lowest BCUT2D eigenvalue weighted by Gasteiger charge is -2.26. The summed E-state index contributed by atoms with van der Waals surface area (Å²) in [7, 11) is -2.82. The monoisotopic (exact) mass is 396 g/mol. The summed E-state index contributed by atoms with van der Waals surface area (Å²) in [4.78, 5) is 11.6. The maximum atomic E-state index is 11.5. The molecule has 3 aromatic rings. The highest BCUT2D eigenvalue weighted by atomic mass is 32.2. The summed E-state index contributed by atoms with van der Waals surface area (Å²) >= 11 is 0. The normalized spacial score (nSPS) is 16.9. The molecule has 7 heteroatoms. The molecule has 1 fully saturated rings. The zero-order valence-corrected chi connectivity index (χ0v) is 16.5. The van der Waals surface area contributed by atoms with Gasteiger partial charge >= 0.3 is 0 Å². The van der Waals surface area contributed by atoms with Gasteiger partial charge in [0.25, 0.3) is 0 Å². The fraction of sp³-hybridized carbons (Fsp3) is 0.333. The number of fused-ring (bicyclic) bond motifs is 1. The van der Waals surface area contributed by atoms with E-state index in [1.54, 1.807) is 0 Å². The van der Waals surface area contributed by atoms with Crippen molar-refractivity contribution in [3.8, 4) is 11.3 Å². The van der Waals surface area contributed by atoms with E-state index in [2.05, 4.69) is 27.3 Å². The second kappa shape index (κ2) is 8.24. The van der Waals surface area contributed by atoms with Crippen LogP contribution in [0.25, 0.3) is 22.2 Å². The van der Waals surface area contributed by atoms with Gasteiger partial charge in [-0.15, -0.1) is 0 Å². The number of hydrogen-bond acceptors (Lipinski definition) is 6. The summed E-state index contributed by atoms with van der Waals surface area (Å²) in [6, 6.07) is 18.2. The number of hydrogen-bond donors (Lipinski definition) is 1. The number of rotatable bonds is 6. The summed E-state index contributed by atoms with van der Waals surface area (Å²) in [5, 5.41) is 4.37. The molecule has 0 unspecified atom stereocenters. The highest BCUT2D eigenvalue weighted by molar-refractivity contribution is 7.91. The number of anilines is 1. The van der Waals surface area contributed by atoms with E-state index in [1.165, 1.54) is 0 Å². The van der Waals surface area contributed by atoms with Crippen LogP contribution in [-0.2, 0) is 9.84 Å². The van der Waals surface area contributed by atoms with Gasteiger partial charge in [0, 0.05) is 30.6 Å². The summed E-state index contributed by atoms with van der Waals surface area (Å²) < 4.78 is 23.0. The fourth-order valence-electron chi connectivity index (χ4n) is 3.45. The Morgan fingerprint density at radius 3 is 2.43 bits per heavy atom. The topological polar surface area (TPSA) is 75.2 Å². The van der Waals surface area contributed by atoms with E-state index >= 15 is 0 Å². The van der Waals surface area contributed by atoms with Gasteiger partial charge in [-0.05, 0) is 19.0 Å². The van der Waals surface area contributed by atoms with Gasteiger partial charge in [-0.3, -0.25) is 0 Å². The van der Waals surface area contributed by atoms with E-state index in [0.29, 0.717) is 19.0 Å². The van der Waals surface area contributed by atoms with E-state index in [1.807, 2.05) is 42.5 Å². The van der Waals surface area contributed by atoms with Crippen LogP contribution in [0.4, 0.5) is 5.95 Å². The van der Waals surface area contributed by atoms with Crippen LogP contribution in [0, 0.1) is 0 Å². The predicted molar refractivity (Wildman–Crippen MR) is 113 cm³/mol. The van der Waals surface area contributed by atoms with Crippen LogP contribution in [0.5, 0.6) is 0 Å². The van der Waals surface area contributed by atoms with Crippen molar-refractivity contribution in [2.75, 3.05) is 43.0 Å². The summed E-state index contributed by atoms with van der Waals surface area (Å²) in [6.07, 6.45) is 0.914. The van der Waals surface area contributed by atoms with Crippen LogP contribution in [0.2, 0.25) is 0 Å². The third-order valence-corrected chi connectivity index (χ3v) is 6.63. The van der Waals surface area contributed by atoms with Gasteiger partial charge < -0.3 is 10.2 Å². The Kier molecular flexibility index (Phi) is 5.54. The molecule has 0 radical (unpaired) electrons. The molecule has 1 aliphatic rings. The first-order valence-electron chi connectivity index (χ1n) is 9.60. The lowest BCUT2D eigenvalue weighted by molar-refractivity contribution is 0.294. The molecule has 0 saturated carbocycles. The summed E-state index contributed by atoms with van der Waals surface area (Å²) in [5.74, 6) is 1.17. The van der Waals surface area contributed by atoms with Gasteiger partial charge in [0.05, 0.1) is 22.7 Å². The quantitative estimate of drug-likeness (QED) is 0.646. The number of nitrogens with one attached hydrogen (secondary N) is 1. The predicted octanol–water partition coefficient (Wildman–Crippen LogP) is 2.83. The molecular weight excluding hydrogens is 372 g/mol. The van der Waals surface area contributed by atoms with Crippen molar-refractivity contribution in [2.45, 2.75) is 6.42 Å². The average molecular weight is 397 g/mol. The van der Waals surface area contributed by atoms with Crippen molar-refractivity contribution in [1.82, 2.24) is 14.9 Å². The van der Waals surface area contributed by atoms with Gasteiger partial charge in [-0.25, -0.2) is 18.4 Å². The molecule has 1 aromatic heterocycles. The number of aromatic nitrogens is 2. The minimum Gasteiger partial charge on any atom is -0.354 e. The zero-order chi connectivity index (χ0) is 19.4. The Balaban J connectivity index is 1.43. The lowest BCUT2D eigenvalue weighted by Crippen LogP contribution is -2.41. The molecule has 1 N–H and O–H groups in total.